The number of nitrogens with two attached hydrogens (primary N) is 2. The Balaban J connectivity index is 0.914. The fraction of sp³-hybridized carbons (Fsp3) is 0.613. The maximum absolute atomic E-state index is 13.6. The third kappa shape index (κ3) is 11.2. The summed E-state index contributed by atoms with van der Waals surface area (Å²) in [6.07, 6.45) is -18.2. The molecule has 72 heavy (non-hydrogen) atoms. The van der Waals surface area contributed by atoms with Gasteiger partial charge < -0.3 is 90.4 Å². The molecule has 0 spiro atoms. The third-order valence-corrected chi connectivity index (χ3v) is 16.6. The monoisotopic (exact) mass is 1110 g/mol. The molecule has 0 radical (unpaired) electrons. The first kappa shape index (κ1) is 53.9. The summed E-state index contributed by atoms with van der Waals surface area (Å²) in [5.41, 5.74) is 9.43. The van der Waals surface area contributed by atoms with Crippen molar-refractivity contribution in [2.24, 2.45) is 0 Å². The summed E-state index contributed by atoms with van der Waals surface area (Å²) in [5.74, 6) is -0.229. The molecule has 5 aliphatic rings. The number of ether oxygens (including phenoxy) is 4. The van der Waals surface area contributed by atoms with Gasteiger partial charge in [0.15, 0.2) is 36.1 Å². The van der Waals surface area contributed by atoms with Crippen molar-refractivity contribution in [3.8, 4) is 0 Å². The van der Waals surface area contributed by atoms with Gasteiger partial charge in [0.05, 0.1) is 33.2 Å². The van der Waals surface area contributed by atoms with Crippen molar-refractivity contribution in [3.05, 3.63) is 49.8 Å². The molecule has 8 heterocycles. The number of aromatic nitrogens is 6. The number of nitrogens with one attached hydrogen (secondary N) is 3. The van der Waals surface area contributed by atoms with Crippen LogP contribution >= 0.6 is 31.3 Å². The van der Waals surface area contributed by atoms with E-state index in [-0.39, 0.29) is 48.1 Å². The molecule has 37 nitrogen and oxygen atoms in total. The van der Waals surface area contributed by atoms with Crippen molar-refractivity contribution >= 4 is 66.1 Å². The lowest BCUT2D eigenvalue weighted by Gasteiger charge is -2.29. The zero-order valence-corrected chi connectivity index (χ0v) is 40.4. The molecule has 0 saturated carbocycles. The highest BCUT2D eigenvalue weighted by Crippen LogP contribution is 2.68. The highest BCUT2D eigenvalue weighted by Gasteiger charge is 2.55. The summed E-state index contributed by atoms with van der Waals surface area (Å²) in [4.78, 5) is 98.8. The molecule has 41 heteroatoms. The summed E-state index contributed by atoms with van der Waals surface area (Å²) in [7, 11) is -20.8. The predicted molar refractivity (Wildman–Crippen MR) is 234 cm³/mol. The van der Waals surface area contributed by atoms with E-state index in [2.05, 4.69) is 38.4 Å². The van der Waals surface area contributed by atoms with E-state index in [0.29, 0.717) is 0 Å². The molecule has 0 bridgehead atoms. The van der Waals surface area contributed by atoms with E-state index in [1.165, 1.54) is 21.7 Å². The Bertz CT molecular complexity index is 2900. The van der Waals surface area contributed by atoms with E-state index in [9.17, 15) is 72.6 Å². The van der Waals surface area contributed by atoms with Gasteiger partial charge in [-0.15, -0.1) is 0 Å². The van der Waals surface area contributed by atoms with Crippen LogP contribution in [0.3, 0.4) is 0 Å². The van der Waals surface area contributed by atoms with Crippen LogP contribution in [0.4, 0.5) is 34.8 Å². The quantitative estimate of drug-likeness (QED) is 0.0500. The predicted octanol–water partition coefficient (Wildman–Crippen LogP) is -4.95. The van der Waals surface area contributed by atoms with E-state index in [1.807, 2.05) is 4.98 Å². The highest BCUT2D eigenvalue weighted by atomic mass is 31.3. The summed E-state index contributed by atoms with van der Waals surface area (Å²) >= 11 is 0. The molecule has 4 unspecified atom stereocenters. The molecular weight excluding hydrogens is 1060 g/mol. The molecule has 3 aromatic heterocycles. The summed E-state index contributed by atoms with van der Waals surface area (Å²) in [6.45, 7) is -3.63. The zero-order valence-electron chi connectivity index (χ0n) is 36.8. The summed E-state index contributed by atoms with van der Waals surface area (Å²) in [6, 6.07) is 0.925. The minimum absolute atomic E-state index is 0.00529. The number of phosphoric acid groups is 4. The van der Waals surface area contributed by atoms with Gasteiger partial charge in [-0.1, -0.05) is 0 Å². The van der Waals surface area contributed by atoms with Crippen LogP contribution in [0.2, 0.25) is 0 Å². The third-order valence-electron chi connectivity index (χ3n) is 11.3. The van der Waals surface area contributed by atoms with Gasteiger partial charge in [0, 0.05) is 26.4 Å². The number of H-pyrrole nitrogens is 2. The average molecular weight is 1110 g/mol. The van der Waals surface area contributed by atoms with Crippen molar-refractivity contribution < 1.29 is 104 Å². The molecule has 16 atom stereocenters. The van der Waals surface area contributed by atoms with Gasteiger partial charge in [-0.05, 0) is 0 Å². The van der Waals surface area contributed by atoms with Crippen molar-refractivity contribution in [3.63, 3.8) is 0 Å². The fourth-order valence-electron chi connectivity index (χ4n) is 8.14. The fourth-order valence-corrected chi connectivity index (χ4v) is 12.6. The number of hydrogen-bond acceptors (Lipinski definition) is 30. The van der Waals surface area contributed by atoms with E-state index in [0.717, 1.165) is 30.3 Å². The number of aliphatic hydroxyl groups is 4. The molecule has 400 valence electrons. The number of aliphatic hydroxyl groups excluding tert-OH is 4. The second-order valence-corrected chi connectivity index (χ2v) is 22.1. The van der Waals surface area contributed by atoms with Crippen LogP contribution in [-0.2, 0) is 63.9 Å². The first-order chi connectivity index (χ1) is 33.7. The Morgan fingerprint density at radius 2 is 1.32 bits per heavy atom. The molecule has 0 aromatic carbocycles. The van der Waals surface area contributed by atoms with Crippen molar-refractivity contribution in [2.75, 3.05) is 78.8 Å². The lowest BCUT2D eigenvalue weighted by atomic mass is 10.1. The van der Waals surface area contributed by atoms with Crippen LogP contribution in [-0.4, -0.2) is 184 Å². The van der Waals surface area contributed by atoms with Gasteiger partial charge in [-0.3, -0.25) is 42.2 Å². The largest absolute Gasteiger partial charge is 0.490 e. The lowest BCUT2D eigenvalue weighted by Crippen LogP contribution is -2.46. The van der Waals surface area contributed by atoms with Crippen LogP contribution < -0.4 is 48.3 Å². The maximum atomic E-state index is 13.6. The van der Waals surface area contributed by atoms with Crippen LogP contribution in [0.5, 0.6) is 0 Å². The van der Waals surface area contributed by atoms with Crippen LogP contribution in [0.25, 0.3) is 0 Å². The van der Waals surface area contributed by atoms with Crippen molar-refractivity contribution in [1.82, 2.24) is 29.5 Å². The van der Waals surface area contributed by atoms with Crippen molar-refractivity contribution in [2.45, 2.75) is 73.6 Å². The number of anilines is 6. The maximum Gasteiger partial charge on any atom is 0.490 e. The minimum atomic E-state index is -6.19. The van der Waals surface area contributed by atoms with Crippen molar-refractivity contribution in [1.29, 1.82) is 0 Å². The SMILES string of the molecule is CO[C@@H]1[C@H](OP(=O)(O)OC[C@H]2O[C@H](n3ccc(=O)[nH]c3=O)[C@H](O)[C@@H]2O)[C@@H](COP(=O)(O)OP(=O)(O)OP(=O)(O)OC[C@H]2O[C@@H](N3CN(C)c4c3nc(N)[nH]c4=O)[C@H](O)[C@@H]2O)O[C@H]1N1CNc2c(N)ncnc21. The molecule has 0 amide bonds. The number of fused-ring (bicyclic) bond motifs is 2. The second kappa shape index (κ2) is 20.4. The number of rotatable bonds is 19. The van der Waals surface area contributed by atoms with Gasteiger partial charge in [0.2, 0.25) is 5.95 Å². The number of aromatic amines is 2. The number of phosphoric ester groups is 3. The first-order valence-corrected chi connectivity index (χ1v) is 26.5. The smallest absolute Gasteiger partial charge is 0.387 e. The zero-order chi connectivity index (χ0) is 52.4. The van der Waals surface area contributed by atoms with E-state index < -0.39 is 142 Å². The molecule has 3 saturated heterocycles. The number of nitrogens with zero attached hydrogens (tertiary/aromatic N) is 7. The Labute approximate surface area is 401 Å². The molecule has 8 rings (SSSR count). The number of hydrogen-bond donors (Lipinski definition) is 13. The average Bonchev–Trinajstić information content (AvgIpc) is 4.07. The summed E-state index contributed by atoms with van der Waals surface area (Å²) in [5, 5.41) is 45.6. The highest BCUT2D eigenvalue weighted by molar-refractivity contribution is 7.66. The van der Waals surface area contributed by atoms with Gasteiger partial charge in [-0.25, -0.2) is 33.0 Å². The Hall–Kier alpha value is -4.36. The van der Waals surface area contributed by atoms with Crippen LogP contribution in [0.1, 0.15) is 6.23 Å². The van der Waals surface area contributed by atoms with E-state index in [4.69, 9.17) is 44.0 Å². The normalized spacial score (nSPS) is 32.4. The van der Waals surface area contributed by atoms with Gasteiger partial charge in [0.1, 0.15) is 72.6 Å². The van der Waals surface area contributed by atoms with Gasteiger partial charge in [-0.2, -0.15) is 13.6 Å². The number of nitrogen functional groups attached to an aromatic ring is 2. The Morgan fingerprint density at radius 3 is 1.94 bits per heavy atom. The lowest BCUT2D eigenvalue weighted by molar-refractivity contribution is -0.0610. The molecule has 0 aliphatic carbocycles. The van der Waals surface area contributed by atoms with E-state index in [1.54, 1.807) is 0 Å². The minimum Gasteiger partial charge on any atom is -0.387 e. The summed E-state index contributed by atoms with van der Waals surface area (Å²) < 4.78 is 104. The standard InChI is InChI=1S/C31H46N12O25P4/c1-40-10-43(25-16(40)26(49)39-30(33)38-25)28-20(48)18(46)12(64-28)6-61-70(53,54)67-72(57,58)68-71(55,56)62-7-13-21(22(59-2)29(65-13)42-9-36-15-23(32)34-8-35-24(15)42)66-69(51,52)60-5-11-17(45)19(47)27(63-11)41-4-3-14(44)37-31(41)50/h3-4,8,11-13,17-22,27-29,36,45-48H,5-7,9-10H2,1-2H3,(H,51,52)(H,53,54)(H,55,56)(H,57,58)(H2,32,34,35)(H,37,44,50)(H3,33,38,39,49)/t11-,12-,13-,17-,18-,19-,20-,21-,22-,27+,28-,29-/m1/s1. The van der Waals surface area contributed by atoms with E-state index >= 15 is 0 Å². The Morgan fingerprint density at radius 1 is 0.736 bits per heavy atom. The molecular formula is C31H46N12O25P4. The van der Waals surface area contributed by atoms with Gasteiger partial charge in [0.25, 0.3) is 11.1 Å². The first-order valence-electron chi connectivity index (χ1n) is 20.6. The molecule has 5 aliphatic heterocycles. The topological polar surface area (TPSA) is 523 Å². The van der Waals surface area contributed by atoms with Crippen LogP contribution in [0, 0.1) is 0 Å². The van der Waals surface area contributed by atoms with Crippen LogP contribution in [0.15, 0.2) is 33.0 Å². The van der Waals surface area contributed by atoms with Gasteiger partial charge >= 0.3 is 37.0 Å². The molecule has 15 N–H and O–H groups in total. The Kier molecular flexibility index (Phi) is 15.3. The molecule has 3 aromatic rings. The number of methoxy groups -OCH3 is 1. The molecule has 3 fully saturated rings. The second-order valence-electron chi connectivity index (χ2n) is 16.1.